The molecular weight excluding hydrogens is 260 g/mol. The average molecular weight is 290 g/mol. The first-order chi connectivity index (χ1) is 10.3. The fourth-order valence-electron chi connectivity index (χ4n) is 4.64. The van der Waals surface area contributed by atoms with Crippen molar-refractivity contribution >= 4 is 0 Å². The van der Waals surface area contributed by atoms with Crippen LogP contribution < -0.4 is 5.32 Å². The maximum absolute atomic E-state index is 4.43. The maximum Gasteiger partial charge on any atom is 0.138 e. The number of likely N-dealkylation sites (N-methyl/N-ethyl adjacent to an activating group) is 1. The van der Waals surface area contributed by atoms with Crippen molar-refractivity contribution in [3.8, 4) is 0 Å². The quantitative estimate of drug-likeness (QED) is 0.906. The predicted molar refractivity (Wildman–Crippen MR) is 85.0 cm³/mol. The van der Waals surface area contributed by atoms with Crippen molar-refractivity contribution in [3.05, 3.63) is 12.2 Å². The molecule has 1 aromatic rings. The van der Waals surface area contributed by atoms with E-state index in [2.05, 4.69) is 22.3 Å². The molecule has 0 bridgehead atoms. The number of aryl methyl sites for hydroxylation is 1. The minimum Gasteiger partial charge on any atom is -0.314 e. The van der Waals surface area contributed by atoms with Crippen LogP contribution in [0.1, 0.15) is 57.7 Å². The third-order valence-electron chi connectivity index (χ3n) is 5.82. The lowest BCUT2D eigenvalue weighted by molar-refractivity contribution is 0.109. The van der Waals surface area contributed by atoms with Crippen LogP contribution in [0.3, 0.4) is 0 Å². The predicted octanol–water partition coefficient (Wildman–Crippen LogP) is 2.94. The van der Waals surface area contributed by atoms with Crippen LogP contribution in [0.15, 0.2) is 6.33 Å². The van der Waals surface area contributed by atoms with E-state index in [4.69, 9.17) is 0 Å². The molecule has 4 nitrogen and oxygen atoms in total. The van der Waals surface area contributed by atoms with Gasteiger partial charge in [-0.05, 0) is 43.6 Å². The van der Waals surface area contributed by atoms with E-state index in [0.717, 1.165) is 36.5 Å². The van der Waals surface area contributed by atoms with E-state index in [1.165, 1.54) is 44.9 Å². The summed E-state index contributed by atoms with van der Waals surface area (Å²) in [5.74, 6) is 3.97. The maximum atomic E-state index is 4.43. The number of aromatic nitrogens is 3. The standard InChI is InChI=1S/C17H30N4/c1-3-18-16(11-17-19-12-20-21(17)2)15-9-8-13-6-4-5-7-14(13)10-15/h12-16,18H,3-11H2,1-2H3. The van der Waals surface area contributed by atoms with Crippen LogP contribution in [0.25, 0.3) is 0 Å². The van der Waals surface area contributed by atoms with E-state index in [-0.39, 0.29) is 0 Å². The zero-order chi connectivity index (χ0) is 14.7. The summed E-state index contributed by atoms with van der Waals surface area (Å²) in [6, 6.07) is 0.570. The van der Waals surface area contributed by atoms with E-state index in [0.29, 0.717) is 6.04 Å². The van der Waals surface area contributed by atoms with Crippen LogP contribution in [-0.4, -0.2) is 27.4 Å². The van der Waals surface area contributed by atoms with Crippen LogP contribution in [0, 0.1) is 17.8 Å². The number of fused-ring (bicyclic) bond motifs is 1. The highest BCUT2D eigenvalue weighted by Crippen LogP contribution is 2.43. The minimum atomic E-state index is 0.570. The second-order valence-corrected chi connectivity index (χ2v) is 7.05. The molecule has 2 saturated carbocycles. The SMILES string of the molecule is CCNC(Cc1ncnn1C)C1CCC2CCCCC2C1. The lowest BCUT2D eigenvalue weighted by Crippen LogP contribution is -2.42. The van der Waals surface area contributed by atoms with Gasteiger partial charge in [0, 0.05) is 19.5 Å². The summed E-state index contributed by atoms with van der Waals surface area (Å²) >= 11 is 0. The van der Waals surface area contributed by atoms with Crippen molar-refractivity contribution in [1.82, 2.24) is 20.1 Å². The Labute approximate surface area is 128 Å². The molecule has 21 heavy (non-hydrogen) atoms. The Morgan fingerprint density at radius 1 is 1.24 bits per heavy atom. The molecule has 1 aromatic heterocycles. The van der Waals surface area contributed by atoms with Gasteiger partial charge in [-0.15, -0.1) is 0 Å². The Hall–Kier alpha value is -0.900. The molecule has 1 heterocycles. The van der Waals surface area contributed by atoms with Crippen molar-refractivity contribution < 1.29 is 0 Å². The van der Waals surface area contributed by atoms with E-state index in [9.17, 15) is 0 Å². The number of hydrogen-bond donors (Lipinski definition) is 1. The molecule has 2 fully saturated rings. The van der Waals surface area contributed by atoms with Gasteiger partial charge < -0.3 is 5.32 Å². The van der Waals surface area contributed by atoms with Gasteiger partial charge in [0.15, 0.2) is 0 Å². The smallest absolute Gasteiger partial charge is 0.138 e. The first kappa shape index (κ1) is 15.0. The normalized spacial score (nSPS) is 30.9. The molecule has 0 aromatic carbocycles. The molecule has 0 aliphatic heterocycles. The van der Waals surface area contributed by atoms with Crippen LogP contribution >= 0.6 is 0 Å². The Balaban J connectivity index is 1.64. The zero-order valence-corrected chi connectivity index (χ0v) is 13.6. The van der Waals surface area contributed by atoms with E-state index in [1.807, 2.05) is 11.7 Å². The van der Waals surface area contributed by atoms with Gasteiger partial charge in [-0.3, -0.25) is 4.68 Å². The molecule has 0 saturated heterocycles. The van der Waals surface area contributed by atoms with E-state index in [1.54, 1.807) is 6.33 Å². The molecule has 4 heteroatoms. The van der Waals surface area contributed by atoms with Crippen molar-refractivity contribution in [1.29, 1.82) is 0 Å². The topological polar surface area (TPSA) is 42.7 Å². The van der Waals surface area contributed by atoms with Crippen LogP contribution in [0.4, 0.5) is 0 Å². The molecule has 118 valence electrons. The van der Waals surface area contributed by atoms with Gasteiger partial charge in [0.05, 0.1) is 0 Å². The van der Waals surface area contributed by atoms with Gasteiger partial charge in [0.1, 0.15) is 12.2 Å². The van der Waals surface area contributed by atoms with Crippen LogP contribution in [-0.2, 0) is 13.5 Å². The van der Waals surface area contributed by atoms with Crippen LogP contribution in [0.5, 0.6) is 0 Å². The minimum absolute atomic E-state index is 0.570. The van der Waals surface area contributed by atoms with E-state index < -0.39 is 0 Å². The number of nitrogens with one attached hydrogen (secondary N) is 1. The summed E-state index contributed by atoms with van der Waals surface area (Å²) in [6.45, 7) is 3.27. The van der Waals surface area contributed by atoms with Gasteiger partial charge in [0.2, 0.25) is 0 Å². The largest absolute Gasteiger partial charge is 0.314 e. The number of nitrogens with zero attached hydrogens (tertiary/aromatic N) is 3. The fraction of sp³-hybridized carbons (Fsp3) is 0.882. The molecule has 4 atom stereocenters. The summed E-state index contributed by atoms with van der Waals surface area (Å²) in [6.07, 6.45) is 12.9. The lowest BCUT2D eigenvalue weighted by atomic mass is 9.66. The van der Waals surface area contributed by atoms with Gasteiger partial charge in [-0.1, -0.05) is 32.6 Å². The molecule has 0 amide bonds. The first-order valence-corrected chi connectivity index (χ1v) is 8.84. The van der Waals surface area contributed by atoms with Gasteiger partial charge >= 0.3 is 0 Å². The van der Waals surface area contributed by atoms with Crippen molar-refractivity contribution in [3.63, 3.8) is 0 Å². The Morgan fingerprint density at radius 2 is 2.05 bits per heavy atom. The average Bonchev–Trinajstić information content (AvgIpc) is 2.91. The Kier molecular flexibility index (Phi) is 4.94. The van der Waals surface area contributed by atoms with Crippen molar-refractivity contribution in [2.75, 3.05) is 6.54 Å². The highest BCUT2D eigenvalue weighted by atomic mass is 15.3. The highest BCUT2D eigenvalue weighted by molar-refractivity contribution is 4.94. The molecule has 2 aliphatic rings. The number of hydrogen-bond acceptors (Lipinski definition) is 3. The third kappa shape index (κ3) is 3.47. The Bertz CT molecular complexity index is 442. The van der Waals surface area contributed by atoms with E-state index >= 15 is 0 Å². The second kappa shape index (κ2) is 6.91. The summed E-state index contributed by atoms with van der Waals surface area (Å²) in [4.78, 5) is 4.43. The second-order valence-electron chi connectivity index (χ2n) is 7.05. The molecular formula is C17H30N4. The molecule has 0 radical (unpaired) electrons. The summed E-state index contributed by atoms with van der Waals surface area (Å²) in [7, 11) is 2.00. The monoisotopic (exact) mass is 290 g/mol. The Morgan fingerprint density at radius 3 is 2.76 bits per heavy atom. The first-order valence-electron chi connectivity index (χ1n) is 8.84. The van der Waals surface area contributed by atoms with Gasteiger partial charge in [-0.2, -0.15) is 5.10 Å². The molecule has 3 rings (SSSR count). The summed E-state index contributed by atoms with van der Waals surface area (Å²) in [5.41, 5.74) is 0. The third-order valence-corrected chi connectivity index (χ3v) is 5.82. The lowest BCUT2D eigenvalue weighted by Gasteiger charge is -2.42. The number of rotatable bonds is 5. The van der Waals surface area contributed by atoms with Gasteiger partial charge in [0.25, 0.3) is 0 Å². The molecule has 2 aliphatic carbocycles. The summed E-state index contributed by atoms with van der Waals surface area (Å²) in [5, 5.41) is 7.95. The summed E-state index contributed by atoms with van der Waals surface area (Å²) < 4.78 is 1.93. The zero-order valence-electron chi connectivity index (χ0n) is 13.6. The van der Waals surface area contributed by atoms with Crippen LogP contribution in [0.2, 0.25) is 0 Å². The van der Waals surface area contributed by atoms with Crippen molar-refractivity contribution in [2.45, 2.75) is 64.3 Å². The van der Waals surface area contributed by atoms with Crippen molar-refractivity contribution in [2.24, 2.45) is 24.8 Å². The van der Waals surface area contributed by atoms with Gasteiger partial charge in [-0.25, -0.2) is 4.98 Å². The molecule has 1 N–H and O–H groups in total. The highest BCUT2D eigenvalue weighted by Gasteiger charge is 2.35. The fourth-order valence-corrected chi connectivity index (χ4v) is 4.64. The molecule has 4 unspecified atom stereocenters. The molecule has 0 spiro atoms.